The van der Waals surface area contributed by atoms with E-state index in [1.54, 1.807) is 0 Å². The van der Waals surface area contributed by atoms with Crippen LogP contribution in [-0.4, -0.2) is 37.2 Å². The van der Waals surface area contributed by atoms with E-state index in [9.17, 15) is 14.4 Å². The molecule has 0 amide bonds. The summed E-state index contributed by atoms with van der Waals surface area (Å²) in [7, 11) is 0. The zero-order valence-electron chi connectivity index (χ0n) is 44.3. The zero-order valence-corrected chi connectivity index (χ0v) is 44.3. The van der Waals surface area contributed by atoms with E-state index in [1.807, 2.05) is 0 Å². The van der Waals surface area contributed by atoms with Gasteiger partial charge in [0.2, 0.25) is 0 Å². The van der Waals surface area contributed by atoms with E-state index in [4.69, 9.17) is 14.2 Å². The summed E-state index contributed by atoms with van der Waals surface area (Å²) in [6.45, 7) is 6.47. The van der Waals surface area contributed by atoms with Gasteiger partial charge in [0.1, 0.15) is 13.2 Å². The molecule has 0 aliphatic rings. The van der Waals surface area contributed by atoms with Crippen molar-refractivity contribution in [1.82, 2.24) is 0 Å². The van der Waals surface area contributed by atoms with Gasteiger partial charge in [-0.2, -0.15) is 0 Å². The summed E-state index contributed by atoms with van der Waals surface area (Å²) in [6.07, 6.45) is 73.9. The second kappa shape index (κ2) is 55.9. The molecule has 0 N–H and O–H groups in total. The third-order valence-corrected chi connectivity index (χ3v) is 11.9. The Kier molecular flexibility index (Phi) is 52.9. The largest absolute Gasteiger partial charge is 0.462 e. The molecule has 0 aromatic heterocycles. The van der Waals surface area contributed by atoms with E-state index in [1.165, 1.54) is 96.3 Å². The van der Waals surface area contributed by atoms with Crippen LogP contribution in [-0.2, 0) is 28.6 Å². The molecule has 0 aliphatic heterocycles. The summed E-state index contributed by atoms with van der Waals surface area (Å²) in [6, 6.07) is 0. The number of ether oxygens (including phenoxy) is 3. The van der Waals surface area contributed by atoms with Crippen LogP contribution in [0, 0.1) is 0 Å². The first kappa shape index (κ1) is 64.3. The van der Waals surface area contributed by atoms with Gasteiger partial charge in [0, 0.05) is 19.3 Å². The summed E-state index contributed by atoms with van der Waals surface area (Å²) in [4.78, 5) is 38.1. The second-order valence-corrected chi connectivity index (χ2v) is 18.5. The first-order chi connectivity index (χ1) is 33.5. The molecule has 0 aromatic carbocycles. The maximum atomic E-state index is 12.8. The van der Waals surface area contributed by atoms with Crippen LogP contribution in [0.2, 0.25) is 0 Å². The summed E-state index contributed by atoms with van der Waals surface area (Å²) in [5, 5.41) is 0. The van der Waals surface area contributed by atoms with Crippen molar-refractivity contribution >= 4 is 17.9 Å². The van der Waals surface area contributed by atoms with Gasteiger partial charge in [0.25, 0.3) is 0 Å². The molecular weight excluding hydrogens is 841 g/mol. The zero-order chi connectivity index (χ0) is 49.3. The van der Waals surface area contributed by atoms with Crippen molar-refractivity contribution in [2.24, 2.45) is 0 Å². The highest BCUT2D eigenvalue weighted by atomic mass is 16.6. The number of hydrogen-bond acceptors (Lipinski definition) is 6. The summed E-state index contributed by atoms with van der Waals surface area (Å²) < 4.78 is 16.8. The van der Waals surface area contributed by atoms with E-state index in [-0.39, 0.29) is 31.1 Å². The molecular formula is C62H104O6. The fraction of sp³-hybridized carbons (Fsp3) is 0.694. The maximum absolute atomic E-state index is 12.8. The molecule has 0 aliphatic carbocycles. The molecule has 1 atom stereocenters. The Bertz CT molecular complexity index is 1360. The Morgan fingerprint density at radius 3 is 1.03 bits per heavy atom. The first-order valence-corrected chi connectivity index (χ1v) is 28.3. The molecule has 0 saturated carbocycles. The molecule has 6 heteroatoms. The van der Waals surface area contributed by atoms with Gasteiger partial charge < -0.3 is 14.2 Å². The molecule has 0 bridgehead atoms. The standard InChI is InChI=1S/C62H104O6/c1-4-7-10-13-16-19-22-25-27-29-31-33-34-37-40-43-46-49-52-55-61(64)67-58-59(57-66-60(63)54-51-48-45-42-39-36-24-21-18-15-12-9-6-3)68-62(65)56-53-50-47-44-41-38-35-32-30-28-26-23-20-17-14-11-8-5-2/h7,10,16,19,23,25-28,30-33,35,37,40,59H,4-6,8-9,11-15,17-18,20-22,24,29,34,36,38-39,41-58H2,1-3H3/b10-7-,19-16-,26-23-,27-25-,30-28-,33-31-,35-32-,40-37-. The molecule has 0 saturated heterocycles. The third kappa shape index (κ3) is 53.3. The van der Waals surface area contributed by atoms with Crippen LogP contribution in [0.1, 0.15) is 258 Å². The predicted molar refractivity (Wildman–Crippen MR) is 293 cm³/mol. The highest BCUT2D eigenvalue weighted by Gasteiger charge is 2.19. The number of carbonyl (C=O) groups is 3. The highest BCUT2D eigenvalue weighted by molar-refractivity contribution is 5.71. The average molecular weight is 946 g/mol. The quantitative estimate of drug-likeness (QED) is 0.0199. The number of esters is 3. The topological polar surface area (TPSA) is 78.9 Å². The fourth-order valence-electron chi connectivity index (χ4n) is 7.65. The number of hydrogen-bond donors (Lipinski definition) is 0. The smallest absolute Gasteiger partial charge is 0.306 e. The minimum Gasteiger partial charge on any atom is -0.462 e. The third-order valence-electron chi connectivity index (χ3n) is 11.9. The number of rotatable bonds is 50. The Labute approximate surface area is 419 Å². The van der Waals surface area contributed by atoms with Crippen LogP contribution >= 0.6 is 0 Å². The summed E-state index contributed by atoms with van der Waals surface area (Å²) >= 11 is 0. The number of carbonyl (C=O) groups excluding carboxylic acids is 3. The molecule has 0 rings (SSSR count). The lowest BCUT2D eigenvalue weighted by atomic mass is 10.0. The molecule has 388 valence electrons. The maximum Gasteiger partial charge on any atom is 0.306 e. The van der Waals surface area contributed by atoms with Gasteiger partial charge >= 0.3 is 17.9 Å². The SMILES string of the molecule is CC/C=C\C/C=C\C/C=C\C/C=C\C/C=C\CCCCCC(=O)OCC(COC(=O)CCCCCCCCCCCCCCC)OC(=O)CCCCCCC\C=C/C=C\C=C/CCCCCCC. The van der Waals surface area contributed by atoms with Gasteiger partial charge in [-0.25, -0.2) is 0 Å². The Morgan fingerprint density at radius 1 is 0.324 bits per heavy atom. The molecule has 6 nitrogen and oxygen atoms in total. The van der Waals surface area contributed by atoms with Crippen molar-refractivity contribution in [3.63, 3.8) is 0 Å². The Hall–Kier alpha value is -3.67. The van der Waals surface area contributed by atoms with Gasteiger partial charge in [-0.05, 0) is 89.9 Å². The lowest BCUT2D eigenvalue weighted by Crippen LogP contribution is -2.30. The monoisotopic (exact) mass is 945 g/mol. The summed E-state index contributed by atoms with van der Waals surface area (Å²) in [5.41, 5.74) is 0. The van der Waals surface area contributed by atoms with E-state index < -0.39 is 6.10 Å². The van der Waals surface area contributed by atoms with Crippen LogP contribution in [0.4, 0.5) is 0 Å². The first-order valence-electron chi connectivity index (χ1n) is 28.3. The van der Waals surface area contributed by atoms with Crippen molar-refractivity contribution in [3.05, 3.63) is 97.2 Å². The van der Waals surface area contributed by atoms with E-state index in [2.05, 4.69) is 118 Å². The normalized spacial score (nSPS) is 12.8. The fourth-order valence-corrected chi connectivity index (χ4v) is 7.65. The minimum absolute atomic E-state index is 0.0956. The van der Waals surface area contributed by atoms with Crippen LogP contribution in [0.25, 0.3) is 0 Å². The lowest BCUT2D eigenvalue weighted by Gasteiger charge is -2.18. The van der Waals surface area contributed by atoms with Gasteiger partial charge in [0.05, 0.1) is 0 Å². The molecule has 0 radical (unpaired) electrons. The highest BCUT2D eigenvalue weighted by Crippen LogP contribution is 2.15. The van der Waals surface area contributed by atoms with Gasteiger partial charge in [-0.15, -0.1) is 0 Å². The number of allylic oxidation sites excluding steroid dienone is 16. The lowest BCUT2D eigenvalue weighted by molar-refractivity contribution is -0.167. The summed E-state index contributed by atoms with van der Waals surface area (Å²) in [5.74, 6) is -0.946. The molecule has 68 heavy (non-hydrogen) atoms. The van der Waals surface area contributed by atoms with Crippen molar-refractivity contribution < 1.29 is 28.6 Å². The van der Waals surface area contributed by atoms with E-state index in [0.29, 0.717) is 19.3 Å². The second-order valence-electron chi connectivity index (χ2n) is 18.5. The van der Waals surface area contributed by atoms with Crippen molar-refractivity contribution in [1.29, 1.82) is 0 Å². The van der Waals surface area contributed by atoms with Crippen molar-refractivity contribution in [2.45, 2.75) is 264 Å². The van der Waals surface area contributed by atoms with Crippen molar-refractivity contribution in [3.8, 4) is 0 Å². The van der Waals surface area contributed by atoms with Gasteiger partial charge in [0.15, 0.2) is 6.10 Å². The number of unbranched alkanes of at least 4 members (excludes halogenated alkanes) is 25. The molecule has 0 heterocycles. The molecule has 0 aromatic rings. The Balaban J connectivity index is 4.49. The minimum atomic E-state index is -0.802. The van der Waals surface area contributed by atoms with Crippen molar-refractivity contribution in [2.75, 3.05) is 13.2 Å². The molecule has 0 fully saturated rings. The van der Waals surface area contributed by atoms with Crippen LogP contribution in [0.3, 0.4) is 0 Å². The van der Waals surface area contributed by atoms with Crippen LogP contribution < -0.4 is 0 Å². The van der Waals surface area contributed by atoms with Gasteiger partial charge in [-0.3, -0.25) is 14.4 Å². The molecule has 1 unspecified atom stereocenters. The van der Waals surface area contributed by atoms with E-state index >= 15 is 0 Å². The van der Waals surface area contributed by atoms with Crippen LogP contribution in [0.15, 0.2) is 97.2 Å². The Morgan fingerprint density at radius 2 is 0.632 bits per heavy atom. The molecule has 0 spiro atoms. The van der Waals surface area contributed by atoms with Gasteiger partial charge in [-0.1, -0.05) is 246 Å². The predicted octanol–water partition coefficient (Wildman–Crippen LogP) is 18.9. The van der Waals surface area contributed by atoms with Crippen LogP contribution in [0.5, 0.6) is 0 Å². The van der Waals surface area contributed by atoms with E-state index in [0.717, 1.165) is 122 Å². The average Bonchev–Trinajstić information content (AvgIpc) is 3.34.